The van der Waals surface area contributed by atoms with Crippen molar-refractivity contribution in [2.24, 2.45) is 11.5 Å². The van der Waals surface area contributed by atoms with Gasteiger partial charge in [0.15, 0.2) is 30.2 Å². The molecule has 2 aliphatic rings. The fourth-order valence-corrected chi connectivity index (χ4v) is 6.12. The Morgan fingerprint density at radius 1 is 0.875 bits per heavy atom. The van der Waals surface area contributed by atoms with Crippen LogP contribution < -0.4 is 33.8 Å². The molecule has 2 fully saturated rings. The highest BCUT2D eigenvalue weighted by molar-refractivity contribution is 7.80. The summed E-state index contributed by atoms with van der Waals surface area (Å²) >= 11 is 3.92. The largest absolute Gasteiger partial charge is 0.462 e. The third-order valence-corrected chi connectivity index (χ3v) is 9.37. The number of nitrogens with one attached hydrogen (secondary N) is 3. The fourth-order valence-electron chi connectivity index (χ4n) is 5.97. The highest BCUT2D eigenvalue weighted by atomic mass is 32.1. The Kier molecular flexibility index (Phi) is 13.0. The van der Waals surface area contributed by atoms with Crippen molar-refractivity contribution in [3.05, 3.63) is 81.5 Å². The van der Waals surface area contributed by atoms with Crippen molar-refractivity contribution in [3.8, 4) is 0 Å². The van der Waals surface area contributed by atoms with Gasteiger partial charge >= 0.3 is 23.3 Å². The Morgan fingerprint density at radius 3 is 2.16 bits per heavy atom. The summed E-state index contributed by atoms with van der Waals surface area (Å²) in [4.78, 5) is 71.4. The molecule has 6 rings (SSSR count). The minimum Gasteiger partial charge on any atom is -0.462 e. The SMILES string of the molecule is N[C@@H](CS)C(=O)OC[C@H]1O[C@@H](n2ccc(NOO[C@@H]3[C@H](O)[C@@H](COC(=O)[C@@H](N)Cc4c[nH]c5ccccc45)O[C@H]3n3ccc(NO)nc3=O)nc2=O)[C@H](O)[C@@H]1O. The molecule has 24 heteroatoms. The fraction of sp³-hybridized carbons (Fsp3) is 0.438. The first-order valence-electron chi connectivity index (χ1n) is 16.9. The molecule has 1 aromatic carbocycles. The van der Waals surface area contributed by atoms with Crippen molar-refractivity contribution < 1.29 is 58.9 Å². The summed E-state index contributed by atoms with van der Waals surface area (Å²) in [5, 5.41) is 42.2. The van der Waals surface area contributed by atoms with Crippen molar-refractivity contribution in [1.29, 1.82) is 0 Å². The number of esters is 2. The van der Waals surface area contributed by atoms with Gasteiger partial charge in [-0.05, 0) is 23.8 Å². The molecule has 0 aliphatic carbocycles. The summed E-state index contributed by atoms with van der Waals surface area (Å²) in [5.74, 6) is -2.00. The molecule has 0 radical (unpaired) electrons. The molecule has 302 valence electrons. The maximum absolute atomic E-state index is 12.9. The molecule has 10 atom stereocenters. The number of thiol groups is 1. The molecule has 23 nitrogen and oxygen atoms in total. The minimum absolute atomic E-state index is 0.0138. The van der Waals surface area contributed by atoms with Crippen molar-refractivity contribution in [2.45, 2.75) is 67.6 Å². The molecule has 0 bridgehead atoms. The number of para-hydroxylation sites is 1. The first kappa shape index (κ1) is 40.7. The van der Waals surface area contributed by atoms with Crippen molar-refractivity contribution >= 4 is 47.1 Å². The number of H-pyrrole nitrogens is 1. The Balaban J connectivity index is 1.08. The highest BCUT2D eigenvalue weighted by Gasteiger charge is 2.48. The zero-order chi connectivity index (χ0) is 40.1. The normalized spacial score (nSPS) is 25.8. The second-order valence-electron chi connectivity index (χ2n) is 12.7. The van der Waals surface area contributed by atoms with Crippen LogP contribution in [0.5, 0.6) is 0 Å². The molecule has 11 N–H and O–H groups in total. The first-order chi connectivity index (χ1) is 26.9. The van der Waals surface area contributed by atoms with Crippen LogP contribution >= 0.6 is 12.6 Å². The van der Waals surface area contributed by atoms with Crippen molar-refractivity contribution in [3.63, 3.8) is 0 Å². The van der Waals surface area contributed by atoms with E-state index in [0.29, 0.717) is 0 Å². The molecule has 0 saturated carbocycles. The van der Waals surface area contributed by atoms with Gasteiger partial charge in [-0.1, -0.05) is 18.2 Å². The number of aromatic amines is 1. The summed E-state index contributed by atoms with van der Waals surface area (Å²) in [5.41, 5.74) is 15.4. The van der Waals surface area contributed by atoms with Crippen LogP contribution in [-0.2, 0) is 44.8 Å². The van der Waals surface area contributed by atoms with Gasteiger partial charge in [-0.25, -0.2) is 20.0 Å². The van der Waals surface area contributed by atoms with Gasteiger partial charge in [-0.3, -0.25) is 29.4 Å². The van der Waals surface area contributed by atoms with Gasteiger partial charge in [0.1, 0.15) is 55.8 Å². The molecular formula is C32H39N9O14S. The van der Waals surface area contributed by atoms with Gasteiger partial charge in [-0.2, -0.15) is 22.6 Å². The van der Waals surface area contributed by atoms with Gasteiger partial charge in [0.25, 0.3) is 0 Å². The molecule has 2 saturated heterocycles. The summed E-state index contributed by atoms with van der Waals surface area (Å²) in [7, 11) is 0. The minimum atomic E-state index is -1.61. The average Bonchev–Trinajstić information content (AvgIpc) is 3.84. The number of aromatic nitrogens is 5. The number of anilines is 2. The number of hydrogen-bond donors (Lipinski definition) is 10. The molecular weight excluding hydrogens is 766 g/mol. The summed E-state index contributed by atoms with van der Waals surface area (Å²) in [6, 6.07) is 7.83. The van der Waals surface area contributed by atoms with E-state index in [1.807, 2.05) is 24.3 Å². The summed E-state index contributed by atoms with van der Waals surface area (Å²) < 4.78 is 23.6. The summed E-state index contributed by atoms with van der Waals surface area (Å²) in [6.45, 7) is -0.979. The lowest BCUT2D eigenvalue weighted by Crippen LogP contribution is -2.40. The van der Waals surface area contributed by atoms with E-state index in [-0.39, 0.29) is 23.8 Å². The average molecular weight is 806 g/mol. The molecule has 3 aromatic heterocycles. The van der Waals surface area contributed by atoms with Crippen LogP contribution in [0.3, 0.4) is 0 Å². The van der Waals surface area contributed by atoms with Gasteiger partial charge in [-0.15, -0.1) is 4.99 Å². The van der Waals surface area contributed by atoms with Gasteiger partial charge < -0.3 is 50.7 Å². The lowest BCUT2D eigenvalue weighted by atomic mass is 10.1. The van der Waals surface area contributed by atoms with E-state index >= 15 is 0 Å². The van der Waals surface area contributed by atoms with E-state index in [4.69, 9.17) is 45.5 Å². The van der Waals surface area contributed by atoms with Crippen LogP contribution in [0.4, 0.5) is 11.6 Å². The second-order valence-corrected chi connectivity index (χ2v) is 13.0. The monoisotopic (exact) mass is 805 g/mol. The van der Waals surface area contributed by atoms with Gasteiger partial charge in [0.2, 0.25) is 0 Å². The number of rotatable bonds is 16. The molecule has 5 heterocycles. The van der Waals surface area contributed by atoms with Crippen LogP contribution in [0.1, 0.15) is 18.0 Å². The topological polar surface area (TPSA) is 332 Å². The number of benzene rings is 1. The number of hydrogen-bond acceptors (Lipinski definition) is 21. The van der Waals surface area contributed by atoms with E-state index in [1.165, 1.54) is 18.3 Å². The number of ether oxygens (including phenoxy) is 4. The first-order valence-corrected chi connectivity index (χ1v) is 17.6. The van der Waals surface area contributed by atoms with Crippen LogP contribution in [0.2, 0.25) is 0 Å². The second kappa shape index (κ2) is 17.9. The predicted octanol–water partition coefficient (Wildman–Crippen LogP) is -2.78. The van der Waals surface area contributed by atoms with Crippen LogP contribution in [0, 0.1) is 0 Å². The van der Waals surface area contributed by atoms with Crippen molar-refractivity contribution in [2.75, 3.05) is 29.9 Å². The number of aliphatic hydroxyl groups is 3. The third kappa shape index (κ3) is 8.85. The van der Waals surface area contributed by atoms with E-state index in [2.05, 4.69) is 33.1 Å². The van der Waals surface area contributed by atoms with E-state index < -0.39 is 97.7 Å². The number of nitrogens with two attached hydrogens (primary N) is 2. The maximum atomic E-state index is 12.9. The molecule has 0 unspecified atom stereocenters. The molecule has 2 aliphatic heterocycles. The summed E-state index contributed by atoms with van der Waals surface area (Å²) in [6.07, 6.45) is -7.35. The van der Waals surface area contributed by atoms with Crippen LogP contribution in [0.25, 0.3) is 10.9 Å². The molecule has 0 amide bonds. The van der Waals surface area contributed by atoms with E-state index in [9.17, 15) is 34.5 Å². The molecule has 4 aromatic rings. The quantitative estimate of drug-likeness (QED) is 0.0237. The number of fused-ring (bicyclic) bond motifs is 1. The smallest absolute Gasteiger partial charge is 0.351 e. The number of carbonyl (C=O) groups excluding carboxylic acids is 2. The molecule has 56 heavy (non-hydrogen) atoms. The van der Waals surface area contributed by atoms with E-state index in [0.717, 1.165) is 31.8 Å². The number of nitrogens with zero attached hydrogens (tertiary/aromatic N) is 4. The third-order valence-electron chi connectivity index (χ3n) is 8.97. The van der Waals surface area contributed by atoms with Crippen molar-refractivity contribution in [1.82, 2.24) is 24.1 Å². The lowest BCUT2D eigenvalue weighted by molar-refractivity contribution is -0.328. The predicted molar refractivity (Wildman–Crippen MR) is 192 cm³/mol. The van der Waals surface area contributed by atoms with Crippen LogP contribution in [0.15, 0.2) is 64.6 Å². The zero-order valence-electron chi connectivity index (χ0n) is 29.1. The van der Waals surface area contributed by atoms with E-state index in [1.54, 1.807) is 11.7 Å². The highest BCUT2D eigenvalue weighted by Crippen LogP contribution is 2.32. The number of aliphatic hydroxyl groups excluding tert-OH is 3. The maximum Gasteiger partial charge on any atom is 0.351 e. The standard InChI is InChI=1S/C32H39N9O14S/c33-16(9-14-10-35-18-4-2-1-3-15(14)18)29(45)50-12-20-24(43)26(28(53-20)41-7-5-21(38-49)36-31(41)47)54-55-39-22-6-8-40(32(48)37-22)27-25(44)23(42)19(52-27)11-51-30(46)17(34)13-56/h1-8,10,16-17,19-20,23-28,35,42-44,49,56H,9,11-13,33-34H2,(H,36,38,47)(H,37,39,48)/t16-,17-,19+,20+,23+,24+,25+,26+,27+,28+/m0/s1. The number of carbonyl (C=O) groups is 2. The van der Waals surface area contributed by atoms with Gasteiger partial charge in [0, 0.05) is 41.7 Å². The Morgan fingerprint density at radius 2 is 1.48 bits per heavy atom. The van der Waals surface area contributed by atoms with Crippen LogP contribution in [-0.4, -0.2) is 124 Å². The lowest BCUT2D eigenvalue weighted by Gasteiger charge is -2.21. The Labute approximate surface area is 320 Å². The Hall–Kier alpha value is -4.99. The van der Waals surface area contributed by atoms with Gasteiger partial charge in [0.05, 0.1) is 0 Å². The zero-order valence-corrected chi connectivity index (χ0v) is 30.0. The molecule has 0 spiro atoms. The Bertz CT molecular complexity index is 2120.